The lowest BCUT2D eigenvalue weighted by atomic mass is 9.91. The van der Waals surface area contributed by atoms with Crippen LogP contribution in [0.2, 0.25) is 0 Å². The third-order valence-electron chi connectivity index (χ3n) is 4.19. The Labute approximate surface area is 102 Å². The highest BCUT2D eigenvalue weighted by atomic mass is 16.1. The maximum absolute atomic E-state index is 12.0. The van der Waals surface area contributed by atoms with Crippen LogP contribution in [0.3, 0.4) is 0 Å². The molecule has 1 aliphatic heterocycles. The van der Waals surface area contributed by atoms with Gasteiger partial charge in [-0.05, 0) is 47.8 Å². The van der Waals surface area contributed by atoms with Gasteiger partial charge in [-0.25, -0.2) is 0 Å². The Hall–Kier alpha value is -1.31. The molecule has 1 aromatic rings. The summed E-state index contributed by atoms with van der Waals surface area (Å²) in [7, 11) is 0. The van der Waals surface area contributed by atoms with Crippen LogP contribution in [0.4, 0.5) is 0 Å². The van der Waals surface area contributed by atoms with E-state index in [2.05, 4.69) is 31.3 Å². The van der Waals surface area contributed by atoms with Crippen LogP contribution < -0.4 is 5.32 Å². The van der Waals surface area contributed by atoms with Crippen molar-refractivity contribution in [1.29, 1.82) is 0 Å². The molecule has 1 N–H and O–H groups in total. The second-order valence-electron chi connectivity index (χ2n) is 5.93. The van der Waals surface area contributed by atoms with Gasteiger partial charge in [-0.15, -0.1) is 0 Å². The quantitative estimate of drug-likeness (QED) is 0.788. The lowest BCUT2D eigenvalue weighted by molar-refractivity contribution is 0.0950. The molecule has 1 amide bonds. The maximum Gasteiger partial charge on any atom is 0.251 e. The van der Waals surface area contributed by atoms with Gasteiger partial charge >= 0.3 is 0 Å². The molecule has 1 fully saturated rings. The third-order valence-corrected chi connectivity index (χ3v) is 4.19. The predicted molar refractivity (Wildman–Crippen MR) is 68.2 cm³/mol. The SMILES string of the molecule is CC(C)c1ccc2c(c1)CC1(CC1)CNC2=O. The van der Waals surface area contributed by atoms with Crippen LogP contribution in [0.5, 0.6) is 0 Å². The monoisotopic (exact) mass is 229 g/mol. The maximum atomic E-state index is 12.0. The Balaban J connectivity index is 2.04. The summed E-state index contributed by atoms with van der Waals surface area (Å²) in [6.07, 6.45) is 3.60. The molecule has 0 aromatic heterocycles. The van der Waals surface area contributed by atoms with E-state index in [4.69, 9.17) is 0 Å². The van der Waals surface area contributed by atoms with Gasteiger partial charge in [0.1, 0.15) is 0 Å². The molecular weight excluding hydrogens is 210 g/mol. The van der Waals surface area contributed by atoms with Crippen molar-refractivity contribution in [2.45, 2.75) is 39.0 Å². The number of hydrogen-bond acceptors (Lipinski definition) is 1. The first kappa shape index (κ1) is 10.8. The van der Waals surface area contributed by atoms with E-state index in [-0.39, 0.29) is 5.91 Å². The van der Waals surface area contributed by atoms with Crippen molar-refractivity contribution in [2.24, 2.45) is 5.41 Å². The standard InChI is InChI=1S/C15H19NO/c1-10(2)11-3-4-13-12(7-11)8-15(5-6-15)9-16-14(13)17/h3-4,7,10H,5-6,8-9H2,1-2H3,(H,16,17). The number of nitrogens with one attached hydrogen (secondary N) is 1. The first-order valence-corrected chi connectivity index (χ1v) is 6.51. The first-order valence-electron chi connectivity index (χ1n) is 6.51. The van der Waals surface area contributed by atoms with Crippen molar-refractivity contribution in [3.8, 4) is 0 Å². The molecule has 0 radical (unpaired) electrons. The van der Waals surface area contributed by atoms with Crippen molar-refractivity contribution in [1.82, 2.24) is 5.32 Å². The predicted octanol–water partition coefficient (Wildman–Crippen LogP) is 2.88. The molecule has 0 atom stereocenters. The normalized spacial score (nSPS) is 21.0. The lowest BCUT2D eigenvalue weighted by Gasteiger charge is -2.13. The minimum atomic E-state index is 0.110. The average molecular weight is 229 g/mol. The van der Waals surface area contributed by atoms with Gasteiger partial charge in [-0.3, -0.25) is 4.79 Å². The first-order chi connectivity index (χ1) is 8.10. The lowest BCUT2D eigenvalue weighted by Crippen LogP contribution is -2.27. The van der Waals surface area contributed by atoms with Gasteiger partial charge in [0.2, 0.25) is 0 Å². The Morgan fingerprint density at radius 2 is 2.06 bits per heavy atom. The molecule has 3 rings (SSSR count). The second kappa shape index (κ2) is 3.59. The Bertz CT molecular complexity index is 472. The number of benzene rings is 1. The summed E-state index contributed by atoms with van der Waals surface area (Å²) >= 11 is 0. The number of amides is 1. The van der Waals surface area contributed by atoms with Crippen LogP contribution in [-0.2, 0) is 6.42 Å². The molecule has 2 aliphatic rings. The molecule has 0 bridgehead atoms. The zero-order valence-electron chi connectivity index (χ0n) is 10.5. The van der Waals surface area contributed by atoms with Crippen LogP contribution in [-0.4, -0.2) is 12.5 Å². The highest BCUT2D eigenvalue weighted by Crippen LogP contribution is 2.49. The molecule has 90 valence electrons. The van der Waals surface area contributed by atoms with Crippen molar-refractivity contribution < 1.29 is 4.79 Å². The molecule has 0 saturated heterocycles. The number of carbonyl (C=O) groups is 1. The molecule has 1 aliphatic carbocycles. The van der Waals surface area contributed by atoms with Crippen LogP contribution in [0.25, 0.3) is 0 Å². The smallest absolute Gasteiger partial charge is 0.251 e. The van der Waals surface area contributed by atoms with Crippen molar-refractivity contribution in [2.75, 3.05) is 6.54 Å². The minimum Gasteiger partial charge on any atom is -0.351 e. The molecule has 2 heteroatoms. The van der Waals surface area contributed by atoms with Crippen LogP contribution >= 0.6 is 0 Å². The Kier molecular flexibility index (Phi) is 2.29. The third kappa shape index (κ3) is 1.86. The van der Waals surface area contributed by atoms with Crippen molar-refractivity contribution in [3.63, 3.8) is 0 Å². The fourth-order valence-electron chi connectivity index (χ4n) is 2.70. The van der Waals surface area contributed by atoms with E-state index >= 15 is 0 Å². The second-order valence-corrected chi connectivity index (χ2v) is 5.93. The van der Waals surface area contributed by atoms with E-state index in [1.807, 2.05) is 6.07 Å². The van der Waals surface area contributed by atoms with E-state index in [9.17, 15) is 4.79 Å². The zero-order valence-corrected chi connectivity index (χ0v) is 10.5. The van der Waals surface area contributed by atoms with Crippen LogP contribution in [0.1, 0.15) is 54.1 Å². The molecule has 0 unspecified atom stereocenters. The Morgan fingerprint density at radius 3 is 2.71 bits per heavy atom. The number of hydrogen-bond donors (Lipinski definition) is 1. The fourth-order valence-corrected chi connectivity index (χ4v) is 2.70. The van der Waals surface area contributed by atoms with E-state index in [0.717, 1.165) is 18.5 Å². The van der Waals surface area contributed by atoms with E-state index in [1.54, 1.807) is 0 Å². The summed E-state index contributed by atoms with van der Waals surface area (Å²) in [4.78, 5) is 12.0. The van der Waals surface area contributed by atoms with Gasteiger partial charge in [-0.1, -0.05) is 26.0 Å². The molecular formula is C15H19NO. The summed E-state index contributed by atoms with van der Waals surface area (Å²) in [5, 5.41) is 3.06. The summed E-state index contributed by atoms with van der Waals surface area (Å²) < 4.78 is 0. The molecule has 1 aromatic carbocycles. The van der Waals surface area contributed by atoms with E-state index in [1.165, 1.54) is 24.0 Å². The summed E-state index contributed by atoms with van der Waals surface area (Å²) in [5.41, 5.74) is 3.87. The molecule has 1 spiro atoms. The molecule has 1 saturated carbocycles. The highest BCUT2D eigenvalue weighted by Gasteiger charge is 2.44. The Morgan fingerprint density at radius 1 is 1.29 bits per heavy atom. The largest absolute Gasteiger partial charge is 0.351 e. The fraction of sp³-hybridized carbons (Fsp3) is 0.533. The summed E-state index contributed by atoms with van der Waals surface area (Å²) in [6, 6.07) is 6.33. The average Bonchev–Trinajstić information content (AvgIpc) is 3.07. The number of fused-ring (bicyclic) bond motifs is 1. The van der Waals surface area contributed by atoms with Gasteiger partial charge in [-0.2, -0.15) is 0 Å². The highest BCUT2D eigenvalue weighted by molar-refractivity contribution is 5.96. The molecule has 17 heavy (non-hydrogen) atoms. The minimum absolute atomic E-state index is 0.110. The van der Waals surface area contributed by atoms with E-state index < -0.39 is 0 Å². The van der Waals surface area contributed by atoms with Gasteiger partial charge in [0.25, 0.3) is 5.91 Å². The number of rotatable bonds is 1. The van der Waals surface area contributed by atoms with E-state index in [0.29, 0.717) is 11.3 Å². The van der Waals surface area contributed by atoms with Gasteiger partial charge in [0, 0.05) is 12.1 Å². The van der Waals surface area contributed by atoms with Crippen molar-refractivity contribution in [3.05, 3.63) is 34.9 Å². The molecule has 2 nitrogen and oxygen atoms in total. The summed E-state index contributed by atoms with van der Waals surface area (Å²) in [5.74, 6) is 0.640. The van der Waals surface area contributed by atoms with Gasteiger partial charge in [0.05, 0.1) is 0 Å². The summed E-state index contributed by atoms with van der Waals surface area (Å²) in [6.45, 7) is 5.26. The zero-order chi connectivity index (χ0) is 12.0. The molecule has 1 heterocycles. The number of carbonyl (C=O) groups excluding carboxylic acids is 1. The van der Waals surface area contributed by atoms with Crippen molar-refractivity contribution >= 4 is 5.91 Å². The van der Waals surface area contributed by atoms with Gasteiger partial charge < -0.3 is 5.32 Å². The van der Waals surface area contributed by atoms with Gasteiger partial charge in [0.15, 0.2) is 0 Å². The van der Waals surface area contributed by atoms with Crippen LogP contribution in [0, 0.1) is 5.41 Å². The topological polar surface area (TPSA) is 29.1 Å². The van der Waals surface area contributed by atoms with Crippen LogP contribution in [0.15, 0.2) is 18.2 Å².